The minimum atomic E-state index is -4.42. The minimum absolute atomic E-state index is 0.0574. The van der Waals surface area contributed by atoms with E-state index in [1.807, 2.05) is 0 Å². The average molecular weight is 396 g/mol. The van der Waals surface area contributed by atoms with Gasteiger partial charge in [0.1, 0.15) is 5.69 Å². The summed E-state index contributed by atoms with van der Waals surface area (Å²) < 4.78 is 36.5. The maximum absolute atomic E-state index is 11.4. The summed E-state index contributed by atoms with van der Waals surface area (Å²) in [5, 5.41) is 31.9. The van der Waals surface area contributed by atoms with E-state index in [9.17, 15) is 18.1 Å². The van der Waals surface area contributed by atoms with Gasteiger partial charge in [0, 0.05) is 22.7 Å². The van der Waals surface area contributed by atoms with Crippen LogP contribution in [0.2, 0.25) is 0 Å². The number of fused-ring (bicyclic) bond motifs is 3. The Kier molecular flexibility index (Phi) is 5.09. The van der Waals surface area contributed by atoms with Gasteiger partial charge < -0.3 is 5.11 Å². The van der Waals surface area contributed by atoms with Crippen molar-refractivity contribution in [2.24, 2.45) is 10.2 Å². The van der Waals surface area contributed by atoms with Crippen LogP contribution in [0.1, 0.15) is 0 Å². The molecule has 0 aromatic heterocycles. The molecule has 26 heavy (non-hydrogen) atoms. The van der Waals surface area contributed by atoms with Gasteiger partial charge in [-0.1, -0.05) is 17.2 Å². The molecular weight excluding hydrogens is 384 g/mol. The maximum Gasteiger partial charge on any atom is 0.294 e. The number of hydrogen-bond acceptors (Lipinski definition) is 9. The third kappa shape index (κ3) is 3.35. The largest absolute Gasteiger partial charge is 0.505 e. The molecule has 0 atom stereocenters. The van der Waals surface area contributed by atoms with Crippen LogP contribution in [0, 0.1) is 0 Å². The van der Waals surface area contributed by atoms with Crippen LogP contribution in [0.4, 0.5) is 5.69 Å². The van der Waals surface area contributed by atoms with Crippen molar-refractivity contribution in [1.29, 1.82) is 0 Å². The quantitative estimate of drug-likeness (QED) is 0.146. The summed E-state index contributed by atoms with van der Waals surface area (Å²) >= 11 is 0.725. The summed E-state index contributed by atoms with van der Waals surface area (Å²) in [4.78, 5) is 0.201. The average Bonchev–Trinajstić information content (AvgIpc) is 2.62. The SMILES string of the molecule is C/N=N/c1c(O)c2cc(SOOO)ccc2c2ccc(S(=O)(=O)O)cc12. The fraction of sp³-hybridized carbons (Fsp3) is 0.0667. The van der Waals surface area contributed by atoms with Gasteiger partial charge >= 0.3 is 0 Å². The zero-order chi connectivity index (χ0) is 18.9. The summed E-state index contributed by atoms with van der Waals surface area (Å²) in [5.41, 5.74) is 0.0574. The van der Waals surface area contributed by atoms with Crippen molar-refractivity contribution in [3.05, 3.63) is 36.4 Å². The second-order valence-electron chi connectivity index (χ2n) is 5.11. The normalized spacial score (nSPS) is 12.4. The molecule has 3 aromatic carbocycles. The molecule has 0 saturated carbocycles. The molecule has 3 rings (SSSR count). The Balaban J connectivity index is 2.39. The molecule has 0 fully saturated rings. The second-order valence-corrected chi connectivity index (χ2v) is 7.31. The highest BCUT2D eigenvalue weighted by Gasteiger charge is 2.18. The highest BCUT2D eigenvalue weighted by atomic mass is 32.2. The first kappa shape index (κ1) is 18.5. The number of phenolic OH excluding ortho intramolecular Hbond substituents is 1. The smallest absolute Gasteiger partial charge is 0.294 e. The van der Waals surface area contributed by atoms with E-state index in [2.05, 4.69) is 19.6 Å². The Hall–Kier alpha value is -2.28. The standard InChI is InChI=1S/C15H12N2O7S2/c1-16-17-14-12-7-9(26(20,21)22)3-5-10(12)11-4-2-8(25-24-23-19)6-13(11)15(14)18/h2-7,18-19H,1H3,(H,20,21,22)/b17-16+. The van der Waals surface area contributed by atoms with E-state index in [0.29, 0.717) is 26.4 Å². The summed E-state index contributed by atoms with van der Waals surface area (Å²) in [6.07, 6.45) is 0. The van der Waals surface area contributed by atoms with Gasteiger partial charge in [0.15, 0.2) is 5.75 Å². The van der Waals surface area contributed by atoms with Crippen LogP contribution < -0.4 is 0 Å². The second kappa shape index (κ2) is 7.15. The number of hydrogen-bond donors (Lipinski definition) is 3. The molecule has 0 saturated heterocycles. The van der Waals surface area contributed by atoms with Crippen LogP contribution in [0.15, 0.2) is 56.4 Å². The number of rotatable bonds is 5. The highest BCUT2D eigenvalue weighted by Crippen LogP contribution is 2.44. The van der Waals surface area contributed by atoms with Crippen molar-refractivity contribution in [2.75, 3.05) is 7.05 Å². The fourth-order valence-electron chi connectivity index (χ4n) is 2.63. The molecular formula is C15H12N2O7S2. The van der Waals surface area contributed by atoms with E-state index in [4.69, 9.17) is 5.26 Å². The maximum atomic E-state index is 11.4. The Morgan fingerprint density at radius 3 is 2.38 bits per heavy atom. The molecule has 0 radical (unpaired) electrons. The Morgan fingerprint density at radius 2 is 1.73 bits per heavy atom. The molecule has 0 aliphatic rings. The first-order valence-corrected chi connectivity index (χ1v) is 9.19. The van der Waals surface area contributed by atoms with Crippen molar-refractivity contribution >= 4 is 49.4 Å². The van der Waals surface area contributed by atoms with Crippen molar-refractivity contribution in [2.45, 2.75) is 9.79 Å². The van der Waals surface area contributed by atoms with E-state index >= 15 is 0 Å². The zero-order valence-electron chi connectivity index (χ0n) is 13.1. The van der Waals surface area contributed by atoms with Crippen LogP contribution in [0.3, 0.4) is 0 Å². The summed E-state index contributed by atoms with van der Waals surface area (Å²) in [6, 6.07) is 8.91. The van der Waals surface area contributed by atoms with E-state index in [-0.39, 0.29) is 16.3 Å². The monoisotopic (exact) mass is 396 g/mol. The molecule has 9 nitrogen and oxygen atoms in total. The van der Waals surface area contributed by atoms with Crippen molar-refractivity contribution < 1.29 is 32.7 Å². The molecule has 11 heteroatoms. The van der Waals surface area contributed by atoms with Gasteiger partial charge in [0.25, 0.3) is 10.1 Å². The molecule has 3 N–H and O–H groups in total. The summed E-state index contributed by atoms with van der Waals surface area (Å²) in [6.45, 7) is 0. The first-order chi connectivity index (χ1) is 12.4. The van der Waals surface area contributed by atoms with E-state index in [1.54, 1.807) is 18.2 Å². The molecule has 0 aliphatic heterocycles. The lowest BCUT2D eigenvalue weighted by atomic mass is 9.99. The molecule has 0 amide bonds. The van der Waals surface area contributed by atoms with Crippen molar-refractivity contribution in [3.63, 3.8) is 0 Å². The topological polar surface area (TPSA) is 138 Å². The third-order valence-corrected chi connectivity index (χ3v) is 5.09. The Labute approximate surface area is 151 Å². The third-order valence-electron chi connectivity index (χ3n) is 3.67. The van der Waals surface area contributed by atoms with Crippen LogP contribution in [-0.2, 0) is 19.5 Å². The Bertz CT molecular complexity index is 1130. The molecule has 3 aromatic rings. The number of nitrogens with zero attached hydrogens (tertiary/aromatic N) is 2. The number of benzene rings is 3. The van der Waals surface area contributed by atoms with Gasteiger partial charge in [-0.15, -0.1) is 4.33 Å². The molecule has 0 heterocycles. The Morgan fingerprint density at radius 1 is 1.04 bits per heavy atom. The van der Waals surface area contributed by atoms with E-state index in [1.165, 1.54) is 25.2 Å². The molecule has 0 unspecified atom stereocenters. The fourth-order valence-corrected chi connectivity index (χ4v) is 3.54. The van der Waals surface area contributed by atoms with Gasteiger partial charge in [-0.05, 0) is 35.0 Å². The van der Waals surface area contributed by atoms with Gasteiger partial charge in [-0.3, -0.25) is 4.55 Å². The molecule has 0 aliphatic carbocycles. The van der Waals surface area contributed by atoms with Gasteiger partial charge in [-0.2, -0.15) is 18.6 Å². The van der Waals surface area contributed by atoms with Crippen molar-refractivity contribution in [3.8, 4) is 5.75 Å². The lowest BCUT2D eigenvalue weighted by molar-refractivity contribution is -0.432. The number of azo groups is 1. The highest BCUT2D eigenvalue weighted by molar-refractivity contribution is 7.94. The van der Waals surface area contributed by atoms with Crippen LogP contribution in [0.25, 0.3) is 21.5 Å². The number of aromatic hydroxyl groups is 1. The van der Waals surface area contributed by atoms with Crippen LogP contribution in [0.5, 0.6) is 5.75 Å². The van der Waals surface area contributed by atoms with Gasteiger partial charge in [0.05, 0.1) is 16.9 Å². The van der Waals surface area contributed by atoms with Gasteiger partial charge in [0.2, 0.25) is 0 Å². The number of phenols is 1. The minimum Gasteiger partial charge on any atom is -0.505 e. The van der Waals surface area contributed by atoms with Crippen LogP contribution in [-0.4, -0.2) is 30.4 Å². The van der Waals surface area contributed by atoms with E-state index in [0.717, 1.165) is 12.0 Å². The summed E-state index contributed by atoms with van der Waals surface area (Å²) in [5.74, 6) is -0.224. The van der Waals surface area contributed by atoms with Gasteiger partial charge in [-0.25, -0.2) is 5.26 Å². The predicted octanol–water partition coefficient (Wildman–Crippen LogP) is 4.09. The van der Waals surface area contributed by atoms with Crippen LogP contribution >= 0.6 is 12.0 Å². The zero-order valence-corrected chi connectivity index (χ0v) is 14.8. The lowest BCUT2D eigenvalue weighted by Crippen LogP contribution is -1.97. The van der Waals surface area contributed by atoms with Crippen molar-refractivity contribution in [1.82, 2.24) is 0 Å². The first-order valence-electron chi connectivity index (χ1n) is 7.01. The molecule has 0 spiro atoms. The predicted molar refractivity (Wildman–Crippen MR) is 94.0 cm³/mol. The molecule has 0 bridgehead atoms. The molecule has 136 valence electrons. The lowest BCUT2D eigenvalue weighted by Gasteiger charge is -2.12. The van der Waals surface area contributed by atoms with E-state index < -0.39 is 10.1 Å². The summed E-state index contributed by atoms with van der Waals surface area (Å²) in [7, 11) is -3.02.